The third-order valence-corrected chi connectivity index (χ3v) is 2.82. The average Bonchev–Trinajstić information content (AvgIpc) is 1.95. The molecular weight excluding hydrogens is 148 g/mol. The van der Waals surface area contributed by atoms with E-state index in [4.69, 9.17) is 0 Å². The number of nitrogens with zero attached hydrogens (tertiary/aromatic N) is 1. The summed E-state index contributed by atoms with van der Waals surface area (Å²) in [6.07, 6.45) is 0. The lowest BCUT2D eigenvalue weighted by Crippen LogP contribution is -2.65. The van der Waals surface area contributed by atoms with Gasteiger partial charge in [0.1, 0.15) is 0 Å². The van der Waals surface area contributed by atoms with Gasteiger partial charge in [-0.25, -0.2) is 0 Å². The SMILES string of the molecule is CCN1CC(C)(C)NCC1(C)C. The van der Waals surface area contributed by atoms with E-state index in [-0.39, 0.29) is 5.54 Å². The third-order valence-electron chi connectivity index (χ3n) is 2.82. The van der Waals surface area contributed by atoms with E-state index in [0.29, 0.717) is 5.54 Å². The van der Waals surface area contributed by atoms with Gasteiger partial charge in [-0.1, -0.05) is 6.92 Å². The molecule has 12 heavy (non-hydrogen) atoms. The standard InChI is InChI=1S/C10H22N2/c1-6-12-8-9(2,3)11-7-10(12,4)5/h11H,6-8H2,1-5H3. The Morgan fingerprint density at radius 2 is 1.83 bits per heavy atom. The number of hydrogen-bond donors (Lipinski definition) is 1. The van der Waals surface area contributed by atoms with Crippen LogP contribution in [0.1, 0.15) is 34.6 Å². The fourth-order valence-corrected chi connectivity index (χ4v) is 1.85. The van der Waals surface area contributed by atoms with Gasteiger partial charge in [0.15, 0.2) is 0 Å². The Hall–Kier alpha value is -0.0800. The van der Waals surface area contributed by atoms with Crippen LogP contribution in [0.3, 0.4) is 0 Å². The largest absolute Gasteiger partial charge is 0.309 e. The van der Waals surface area contributed by atoms with Gasteiger partial charge in [0.2, 0.25) is 0 Å². The Labute approximate surface area is 76.3 Å². The van der Waals surface area contributed by atoms with Gasteiger partial charge in [-0.15, -0.1) is 0 Å². The zero-order valence-electron chi connectivity index (χ0n) is 9.07. The third kappa shape index (κ3) is 1.99. The molecule has 0 bridgehead atoms. The molecule has 0 aromatic heterocycles. The first-order valence-electron chi connectivity index (χ1n) is 4.87. The minimum Gasteiger partial charge on any atom is -0.309 e. The van der Waals surface area contributed by atoms with Gasteiger partial charge in [-0.3, -0.25) is 4.90 Å². The molecule has 0 radical (unpaired) electrons. The quantitative estimate of drug-likeness (QED) is 0.641. The molecule has 1 aliphatic heterocycles. The van der Waals surface area contributed by atoms with Gasteiger partial charge in [0.25, 0.3) is 0 Å². The molecule has 2 heteroatoms. The minimum absolute atomic E-state index is 0.283. The molecule has 1 fully saturated rings. The summed E-state index contributed by atoms with van der Waals surface area (Å²) >= 11 is 0. The maximum atomic E-state index is 3.57. The highest BCUT2D eigenvalue weighted by Gasteiger charge is 2.36. The van der Waals surface area contributed by atoms with Gasteiger partial charge in [0.05, 0.1) is 0 Å². The van der Waals surface area contributed by atoms with Crippen LogP contribution in [0.15, 0.2) is 0 Å². The van der Waals surface area contributed by atoms with Gasteiger partial charge in [-0.2, -0.15) is 0 Å². The summed E-state index contributed by atoms with van der Waals surface area (Å²) in [6.45, 7) is 14.8. The van der Waals surface area contributed by atoms with Crippen LogP contribution in [0.2, 0.25) is 0 Å². The lowest BCUT2D eigenvalue weighted by molar-refractivity contribution is 0.0443. The van der Waals surface area contributed by atoms with Crippen LogP contribution in [0.4, 0.5) is 0 Å². The van der Waals surface area contributed by atoms with Crippen LogP contribution in [-0.2, 0) is 0 Å². The van der Waals surface area contributed by atoms with Crippen molar-refractivity contribution in [1.29, 1.82) is 0 Å². The number of nitrogens with one attached hydrogen (secondary N) is 1. The van der Waals surface area contributed by atoms with Crippen molar-refractivity contribution in [3.8, 4) is 0 Å². The van der Waals surface area contributed by atoms with Crippen molar-refractivity contribution in [3.63, 3.8) is 0 Å². The van der Waals surface area contributed by atoms with E-state index in [9.17, 15) is 0 Å². The summed E-state index contributed by atoms with van der Waals surface area (Å²) in [6, 6.07) is 0. The van der Waals surface area contributed by atoms with Crippen LogP contribution in [0, 0.1) is 0 Å². The first-order chi connectivity index (χ1) is 5.37. The predicted molar refractivity (Wildman–Crippen MR) is 53.4 cm³/mol. The molecule has 1 N–H and O–H groups in total. The van der Waals surface area contributed by atoms with Crippen molar-refractivity contribution < 1.29 is 0 Å². The monoisotopic (exact) mass is 170 g/mol. The van der Waals surface area contributed by atoms with Crippen LogP contribution in [0.25, 0.3) is 0 Å². The number of likely N-dealkylation sites (N-methyl/N-ethyl adjacent to an activating group) is 1. The fraction of sp³-hybridized carbons (Fsp3) is 1.00. The van der Waals surface area contributed by atoms with E-state index >= 15 is 0 Å². The summed E-state index contributed by atoms with van der Waals surface area (Å²) < 4.78 is 0. The van der Waals surface area contributed by atoms with E-state index in [2.05, 4.69) is 44.8 Å². The summed E-state index contributed by atoms with van der Waals surface area (Å²) in [5.74, 6) is 0. The number of hydrogen-bond acceptors (Lipinski definition) is 2. The highest BCUT2D eigenvalue weighted by Crippen LogP contribution is 2.22. The molecule has 0 amide bonds. The molecule has 0 aliphatic carbocycles. The van der Waals surface area contributed by atoms with Crippen molar-refractivity contribution >= 4 is 0 Å². The topological polar surface area (TPSA) is 15.3 Å². The Morgan fingerprint density at radius 1 is 1.25 bits per heavy atom. The molecule has 1 saturated heterocycles. The van der Waals surface area contributed by atoms with Crippen molar-refractivity contribution in [3.05, 3.63) is 0 Å². The molecule has 0 spiro atoms. The fourth-order valence-electron chi connectivity index (χ4n) is 1.85. The lowest BCUT2D eigenvalue weighted by Gasteiger charge is -2.49. The Morgan fingerprint density at radius 3 is 2.25 bits per heavy atom. The van der Waals surface area contributed by atoms with Crippen molar-refractivity contribution in [2.45, 2.75) is 45.7 Å². The second-order valence-electron chi connectivity index (χ2n) is 5.06. The highest BCUT2D eigenvalue weighted by atomic mass is 15.3. The first kappa shape index (κ1) is 10.0. The first-order valence-corrected chi connectivity index (χ1v) is 4.87. The summed E-state index contributed by atoms with van der Waals surface area (Å²) in [4.78, 5) is 2.55. The maximum Gasteiger partial charge on any atom is 0.0278 e. The molecule has 1 aliphatic rings. The van der Waals surface area contributed by atoms with Crippen LogP contribution in [-0.4, -0.2) is 35.6 Å². The van der Waals surface area contributed by atoms with Crippen molar-refractivity contribution in [1.82, 2.24) is 10.2 Å². The molecule has 1 heterocycles. The van der Waals surface area contributed by atoms with E-state index in [1.165, 1.54) is 0 Å². The zero-order chi connectivity index (χ0) is 9.41. The number of rotatable bonds is 1. The van der Waals surface area contributed by atoms with Crippen molar-refractivity contribution in [2.24, 2.45) is 0 Å². The minimum atomic E-state index is 0.283. The second-order valence-corrected chi connectivity index (χ2v) is 5.06. The molecule has 2 nitrogen and oxygen atoms in total. The zero-order valence-corrected chi connectivity index (χ0v) is 9.07. The van der Waals surface area contributed by atoms with Crippen LogP contribution in [0.5, 0.6) is 0 Å². The molecule has 0 saturated carbocycles. The maximum absolute atomic E-state index is 3.57. The van der Waals surface area contributed by atoms with Gasteiger partial charge < -0.3 is 5.32 Å². The van der Waals surface area contributed by atoms with E-state index < -0.39 is 0 Å². The molecule has 0 aromatic carbocycles. The molecular formula is C10H22N2. The Balaban J connectivity index is 2.67. The lowest BCUT2D eigenvalue weighted by atomic mass is 9.92. The predicted octanol–water partition coefficient (Wildman–Crippen LogP) is 1.47. The van der Waals surface area contributed by atoms with Gasteiger partial charge in [-0.05, 0) is 34.2 Å². The smallest absolute Gasteiger partial charge is 0.0278 e. The summed E-state index contributed by atoms with van der Waals surface area (Å²) in [5, 5.41) is 3.57. The Bertz CT molecular complexity index is 161. The van der Waals surface area contributed by atoms with Crippen LogP contribution < -0.4 is 5.32 Å². The molecule has 72 valence electrons. The normalized spacial score (nSPS) is 28.8. The number of piperazine rings is 1. The highest BCUT2D eigenvalue weighted by molar-refractivity contribution is 4.96. The average molecular weight is 170 g/mol. The summed E-state index contributed by atoms with van der Waals surface area (Å²) in [7, 11) is 0. The second kappa shape index (κ2) is 3.00. The molecule has 0 unspecified atom stereocenters. The molecule has 0 atom stereocenters. The molecule has 0 aromatic rings. The van der Waals surface area contributed by atoms with Crippen molar-refractivity contribution in [2.75, 3.05) is 19.6 Å². The van der Waals surface area contributed by atoms with Gasteiger partial charge in [0, 0.05) is 24.2 Å². The van der Waals surface area contributed by atoms with Crippen LogP contribution >= 0.6 is 0 Å². The molecule has 1 rings (SSSR count). The van der Waals surface area contributed by atoms with E-state index in [1.807, 2.05) is 0 Å². The van der Waals surface area contributed by atoms with Gasteiger partial charge >= 0.3 is 0 Å². The summed E-state index contributed by atoms with van der Waals surface area (Å²) in [5.41, 5.74) is 0.607. The van der Waals surface area contributed by atoms with E-state index in [0.717, 1.165) is 19.6 Å². The Kier molecular flexibility index (Phi) is 2.50. The van der Waals surface area contributed by atoms with E-state index in [1.54, 1.807) is 0 Å².